The summed E-state index contributed by atoms with van der Waals surface area (Å²) in [6.45, 7) is 3.08. The second-order valence-electron chi connectivity index (χ2n) is 6.79. The number of ether oxygens (including phenoxy) is 1. The number of hydrogen-bond acceptors (Lipinski definition) is 6. The monoisotopic (exact) mass is 431 g/mol. The van der Waals surface area contributed by atoms with E-state index in [-0.39, 0.29) is 10.8 Å². The van der Waals surface area contributed by atoms with Gasteiger partial charge in [-0.2, -0.15) is 0 Å². The lowest BCUT2D eigenvalue weighted by atomic mass is 10.2. The number of carbonyl (C=O) groups excluding carboxylic acids is 1. The number of aliphatic imine (C=N–C) groups is 1. The van der Waals surface area contributed by atoms with Crippen LogP contribution in [-0.2, 0) is 14.8 Å². The van der Waals surface area contributed by atoms with Crippen LogP contribution in [0.15, 0.2) is 58.4 Å². The van der Waals surface area contributed by atoms with Gasteiger partial charge in [-0.25, -0.2) is 8.42 Å². The lowest BCUT2D eigenvalue weighted by Crippen LogP contribution is -2.32. The summed E-state index contributed by atoms with van der Waals surface area (Å²) < 4.78 is 33.3. The number of aryl methyl sites for hydroxylation is 1. The van der Waals surface area contributed by atoms with Crippen molar-refractivity contribution in [2.24, 2.45) is 4.99 Å². The molecule has 0 aliphatic carbocycles. The van der Waals surface area contributed by atoms with Gasteiger partial charge >= 0.3 is 0 Å². The minimum Gasteiger partial charge on any atom is -0.480 e. The quantitative estimate of drug-likeness (QED) is 0.786. The molecule has 2 aliphatic rings. The zero-order valence-corrected chi connectivity index (χ0v) is 17.5. The highest BCUT2D eigenvalue weighted by Crippen LogP contribution is 2.27. The van der Waals surface area contributed by atoms with Crippen molar-refractivity contribution in [1.29, 1.82) is 0 Å². The maximum Gasteiger partial charge on any atom is 0.268 e. The number of sulfonamides is 1. The van der Waals surface area contributed by atoms with Crippen molar-refractivity contribution in [3.63, 3.8) is 0 Å². The minimum absolute atomic E-state index is 0.126. The molecule has 1 amide bonds. The molecule has 0 saturated carbocycles. The molecule has 29 heavy (non-hydrogen) atoms. The smallest absolute Gasteiger partial charge is 0.268 e. The second kappa shape index (κ2) is 8.08. The van der Waals surface area contributed by atoms with Crippen molar-refractivity contribution in [2.75, 3.05) is 23.7 Å². The van der Waals surface area contributed by atoms with Gasteiger partial charge in [-0.3, -0.25) is 14.5 Å². The molecule has 1 atom stereocenters. The number of anilines is 1. The van der Waals surface area contributed by atoms with Gasteiger partial charge in [0.15, 0.2) is 11.3 Å². The van der Waals surface area contributed by atoms with E-state index < -0.39 is 16.1 Å². The molecule has 2 aliphatic heterocycles. The first kappa shape index (κ1) is 19.8. The van der Waals surface area contributed by atoms with Crippen molar-refractivity contribution >= 4 is 38.5 Å². The fraction of sp³-hybridized carbons (Fsp3) is 0.300. The van der Waals surface area contributed by atoms with Crippen LogP contribution in [0.5, 0.6) is 5.75 Å². The zero-order valence-electron chi connectivity index (χ0n) is 15.9. The molecule has 4 rings (SSSR count). The number of thioether (sulfide) groups is 1. The second-order valence-corrected chi connectivity index (χ2v) is 9.55. The number of para-hydroxylation sites is 1. The van der Waals surface area contributed by atoms with Crippen LogP contribution in [0.1, 0.15) is 12.0 Å². The average molecular weight is 432 g/mol. The Balaban J connectivity index is 1.45. The van der Waals surface area contributed by atoms with Gasteiger partial charge in [-0.1, -0.05) is 30.0 Å². The Morgan fingerprint density at radius 1 is 1.17 bits per heavy atom. The summed E-state index contributed by atoms with van der Waals surface area (Å²) >= 11 is 1.38. The third-order valence-corrected chi connectivity index (χ3v) is 7.16. The topological polar surface area (TPSA) is 88.1 Å². The molecule has 0 radical (unpaired) electrons. The Morgan fingerprint density at radius 2 is 1.93 bits per heavy atom. The van der Waals surface area contributed by atoms with Crippen LogP contribution in [0, 0.1) is 6.92 Å². The molecule has 0 spiro atoms. The van der Waals surface area contributed by atoms with Crippen molar-refractivity contribution in [3.8, 4) is 5.75 Å². The molecule has 0 aromatic heterocycles. The number of rotatable bonds is 5. The molecule has 0 bridgehead atoms. The molecule has 1 saturated heterocycles. The van der Waals surface area contributed by atoms with Gasteiger partial charge in [0.25, 0.3) is 15.9 Å². The zero-order chi connectivity index (χ0) is 20.4. The van der Waals surface area contributed by atoms with Crippen molar-refractivity contribution < 1.29 is 17.9 Å². The maximum atomic E-state index is 12.8. The molecule has 9 heteroatoms. The van der Waals surface area contributed by atoms with Gasteiger partial charge in [0.1, 0.15) is 5.75 Å². The molecule has 1 N–H and O–H groups in total. The van der Waals surface area contributed by atoms with Gasteiger partial charge in [-0.15, -0.1) is 0 Å². The molecule has 152 valence electrons. The molecule has 7 nitrogen and oxygen atoms in total. The molecular formula is C20H21N3O4S2. The third kappa shape index (κ3) is 4.25. The Bertz CT molecular complexity index is 1050. The van der Waals surface area contributed by atoms with E-state index in [0.29, 0.717) is 36.1 Å². The van der Waals surface area contributed by atoms with Crippen LogP contribution in [0.3, 0.4) is 0 Å². The normalized spacial score (nSPS) is 19.3. The van der Waals surface area contributed by atoms with Crippen LogP contribution >= 0.6 is 11.8 Å². The van der Waals surface area contributed by atoms with Crippen LogP contribution < -0.4 is 14.4 Å². The van der Waals surface area contributed by atoms with Crippen LogP contribution in [-0.4, -0.2) is 44.4 Å². The fourth-order valence-electron chi connectivity index (χ4n) is 3.24. The number of hydrogen-bond donors (Lipinski definition) is 1. The molecule has 1 fully saturated rings. The Morgan fingerprint density at radius 3 is 2.62 bits per heavy atom. The van der Waals surface area contributed by atoms with E-state index in [9.17, 15) is 13.2 Å². The van der Waals surface area contributed by atoms with E-state index in [4.69, 9.17) is 4.74 Å². The number of amides is 1. The first-order valence-corrected chi connectivity index (χ1v) is 11.7. The Kier molecular flexibility index (Phi) is 5.51. The molecule has 2 aromatic carbocycles. The van der Waals surface area contributed by atoms with Crippen molar-refractivity contribution in [2.45, 2.75) is 24.3 Å². The van der Waals surface area contributed by atoms with E-state index in [2.05, 4.69) is 9.71 Å². The summed E-state index contributed by atoms with van der Waals surface area (Å²) in [5.41, 5.74) is 1.63. The van der Waals surface area contributed by atoms with E-state index in [1.54, 1.807) is 17.0 Å². The van der Waals surface area contributed by atoms with Crippen LogP contribution in [0.2, 0.25) is 0 Å². The molecule has 1 unspecified atom stereocenters. The summed E-state index contributed by atoms with van der Waals surface area (Å²) in [4.78, 5) is 18.7. The van der Waals surface area contributed by atoms with E-state index >= 15 is 0 Å². The predicted octanol–water partition coefficient (Wildman–Crippen LogP) is 2.56. The standard InChI is InChI=1S/C20H21N3O4S2/c1-14-4-2-3-5-17(14)27-18-10-12-23(19(18)24)15-6-8-16(9-7-15)29(25,26)22-20-21-11-13-28-20/h2-9,18H,10-13H2,1H3,(H,21,22). The van der Waals surface area contributed by atoms with E-state index in [0.717, 1.165) is 11.3 Å². The molecule has 2 heterocycles. The summed E-state index contributed by atoms with van der Waals surface area (Å²) in [6, 6.07) is 13.9. The lowest BCUT2D eigenvalue weighted by molar-refractivity contribution is -0.122. The first-order valence-electron chi connectivity index (χ1n) is 9.28. The molecular weight excluding hydrogens is 410 g/mol. The predicted molar refractivity (Wildman–Crippen MR) is 114 cm³/mol. The summed E-state index contributed by atoms with van der Waals surface area (Å²) in [6.07, 6.45) is 0.0322. The summed E-state index contributed by atoms with van der Waals surface area (Å²) in [5.74, 6) is 1.35. The van der Waals surface area contributed by atoms with Gasteiger partial charge in [0.2, 0.25) is 0 Å². The van der Waals surface area contributed by atoms with Gasteiger partial charge in [0.05, 0.1) is 11.4 Å². The Hall–Kier alpha value is -2.52. The average Bonchev–Trinajstić information content (AvgIpc) is 3.33. The highest BCUT2D eigenvalue weighted by molar-refractivity contribution is 8.15. The van der Waals surface area contributed by atoms with Crippen molar-refractivity contribution in [1.82, 2.24) is 4.72 Å². The highest BCUT2D eigenvalue weighted by atomic mass is 32.2. The lowest BCUT2D eigenvalue weighted by Gasteiger charge is -2.18. The number of nitrogens with zero attached hydrogens (tertiary/aromatic N) is 2. The number of amidine groups is 1. The third-order valence-electron chi connectivity index (χ3n) is 4.79. The SMILES string of the molecule is Cc1ccccc1OC1CCN(c2ccc(S(=O)(=O)NC3=NCCS3)cc2)C1=O. The van der Waals surface area contributed by atoms with Gasteiger partial charge < -0.3 is 9.64 Å². The molecule has 2 aromatic rings. The minimum atomic E-state index is -3.68. The van der Waals surface area contributed by atoms with Crippen molar-refractivity contribution in [3.05, 3.63) is 54.1 Å². The maximum absolute atomic E-state index is 12.8. The highest BCUT2D eigenvalue weighted by Gasteiger charge is 2.34. The van der Waals surface area contributed by atoms with Gasteiger partial charge in [0, 0.05) is 24.4 Å². The first-order chi connectivity index (χ1) is 13.9. The largest absolute Gasteiger partial charge is 0.480 e. The Labute approximate surface area is 174 Å². The number of nitrogens with one attached hydrogen (secondary N) is 1. The van der Waals surface area contributed by atoms with Crippen LogP contribution in [0.25, 0.3) is 0 Å². The van der Waals surface area contributed by atoms with Crippen LogP contribution in [0.4, 0.5) is 5.69 Å². The van der Waals surface area contributed by atoms with Gasteiger partial charge in [-0.05, 0) is 42.8 Å². The van der Waals surface area contributed by atoms with E-state index in [1.807, 2.05) is 31.2 Å². The summed E-state index contributed by atoms with van der Waals surface area (Å²) in [5, 5.41) is 0.417. The fourth-order valence-corrected chi connectivity index (χ4v) is 5.27. The summed E-state index contributed by atoms with van der Waals surface area (Å²) in [7, 11) is -3.68. The number of benzene rings is 2. The van der Waals surface area contributed by atoms with E-state index in [1.165, 1.54) is 23.9 Å². The number of carbonyl (C=O) groups is 1.